The summed E-state index contributed by atoms with van der Waals surface area (Å²) in [5.74, 6) is -1.90. The molecule has 0 fully saturated rings. The summed E-state index contributed by atoms with van der Waals surface area (Å²) in [5, 5.41) is 0.773. The summed E-state index contributed by atoms with van der Waals surface area (Å²) >= 11 is 12.0. The summed E-state index contributed by atoms with van der Waals surface area (Å²) in [6.07, 6.45) is 1.57. The van der Waals surface area contributed by atoms with Crippen LogP contribution in [0.4, 0.5) is 4.39 Å². The molecule has 0 spiro atoms. The van der Waals surface area contributed by atoms with E-state index in [2.05, 4.69) is 10.9 Å². The molecule has 0 aliphatic heterocycles. The zero-order valence-corrected chi connectivity index (χ0v) is 15.1. The topological polar surface area (TPSA) is 67.4 Å². The van der Waals surface area contributed by atoms with Crippen molar-refractivity contribution in [2.75, 3.05) is 0 Å². The molecule has 8 heteroatoms. The fraction of sp³-hybridized carbons (Fsp3) is 0.111. The number of hydrazine groups is 1. The molecule has 0 heterocycles. The Hall–Kier alpha value is -2.57. The number of nitrogens with one attached hydrogen (secondary N) is 2. The molecule has 5 nitrogen and oxygen atoms in total. The van der Waals surface area contributed by atoms with E-state index in [-0.39, 0.29) is 5.75 Å². The third-order valence-corrected chi connectivity index (χ3v) is 3.88. The molecule has 2 aromatic rings. The maximum Gasteiger partial charge on any atom is 0.279 e. The van der Waals surface area contributed by atoms with E-state index in [1.165, 1.54) is 31.2 Å². The van der Waals surface area contributed by atoms with Gasteiger partial charge < -0.3 is 4.74 Å². The van der Waals surface area contributed by atoms with Crippen molar-refractivity contribution in [1.82, 2.24) is 10.9 Å². The molecule has 0 radical (unpaired) electrons. The number of amides is 2. The zero-order valence-electron chi connectivity index (χ0n) is 13.6. The summed E-state index contributed by atoms with van der Waals surface area (Å²) in [6.45, 7) is 1.42. The summed E-state index contributed by atoms with van der Waals surface area (Å²) in [6, 6.07) is 10.6. The number of carbonyl (C=O) groups excluding carboxylic acids is 2. The standard InChI is InChI=1S/C18H15Cl2FN2O3/c1-11(26-16-8-3-2-7-15(16)21)18(25)23-22-17(24)10-9-12-13(19)5-4-6-14(12)20/h2-11H,1H3,(H,22,24)(H,23,25)/b10-9+. The lowest BCUT2D eigenvalue weighted by molar-refractivity contribution is -0.131. The molecule has 26 heavy (non-hydrogen) atoms. The van der Waals surface area contributed by atoms with Gasteiger partial charge >= 0.3 is 0 Å². The van der Waals surface area contributed by atoms with E-state index in [1.807, 2.05) is 0 Å². The summed E-state index contributed by atoms with van der Waals surface area (Å²) in [4.78, 5) is 23.7. The van der Waals surface area contributed by atoms with E-state index in [0.717, 1.165) is 6.08 Å². The first-order chi connectivity index (χ1) is 12.4. The molecule has 0 aliphatic rings. The van der Waals surface area contributed by atoms with Crippen molar-refractivity contribution >= 4 is 41.1 Å². The average molecular weight is 397 g/mol. The lowest BCUT2D eigenvalue weighted by Crippen LogP contribution is -2.46. The highest BCUT2D eigenvalue weighted by atomic mass is 35.5. The van der Waals surface area contributed by atoms with E-state index >= 15 is 0 Å². The molecule has 2 N–H and O–H groups in total. The second-order valence-electron chi connectivity index (χ2n) is 5.14. The Morgan fingerprint density at radius 3 is 2.38 bits per heavy atom. The summed E-state index contributed by atoms with van der Waals surface area (Å²) in [5.41, 5.74) is 4.85. The van der Waals surface area contributed by atoms with Gasteiger partial charge in [0.15, 0.2) is 17.7 Å². The Morgan fingerprint density at radius 1 is 1.08 bits per heavy atom. The maximum absolute atomic E-state index is 13.5. The minimum Gasteiger partial charge on any atom is -0.478 e. The van der Waals surface area contributed by atoms with Crippen LogP contribution in [0.5, 0.6) is 5.75 Å². The Balaban J connectivity index is 1.87. The molecule has 0 saturated heterocycles. The van der Waals surface area contributed by atoms with Gasteiger partial charge in [-0.25, -0.2) is 4.39 Å². The molecule has 0 bridgehead atoms. The van der Waals surface area contributed by atoms with E-state index < -0.39 is 23.7 Å². The van der Waals surface area contributed by atoms with Gasteiger partial charge in [-0.05, 0) is 37.3 Å². The predicted octanol–water partition coefficient (Wildman–Crippen LogP) is 3.76. The third-order valence-electron chi connectivity index (χ3n) is 3.22. The van der Waals surface area contributed by atoms with Crippen LogP contribution in [0.25, 0.3) is 6.08 Å². The smallest absolute Gasteiger partial charge is 0.279 e. The second-order valence-corrected chi connectivity index (χ2v) is 5.95. The van der Waals surface area contributed by atoms with Crippen molar-refractivity contribution in [3.8, 4) is 5.75 Å². The van der Waals surface area contributed by atoms with Gasteiger partial charge in [0.2, 0.25) is 0 Å². The molecule has 2 aromatic carbocycles. The highest BCUT2D eigenvalue weighted by Gasteiger charge is 2.16. The minimum absolute atomic E-state index is 0.0604. The van der Waals surface area contributed by atoms with E-state index in [9.17, 15) is 14.0 Å². The van der Waals surface area contributed by atoms with E-state index in [0.29, 0.717) is 15.6 Å². The molecule has 1 unspecified atom stereocenters. The summed E-state index contributed by atoms with van der Waals surface area (Å²) in [7, 11) is 0. The predicted molar refractivity (Wildman–Crippen MR) is 98.3 cm³/mol. The number of benzene rings is 2. The van der Waals surface area contributed by atoms with Crippen LogP contribution in [0.1, 0.15) is 12.5 Å². The lowest BCUT2D eigenvalue weighted by Gasteiger charge is -2.15. The van der Waals surface area contributed by atoms with Crippen LogP contribution in [0.3, 0.4) is 0 Å². The number of rotatable bonds is 5. The van der Waals surface area contributed by atoms with Gasteiger partial charge in [-0.3, -0.25) is 20.4 Å². The number of hydrogen-bond acceptors (Lipinski definition) is 3. The maximum atomic E-state index is 13.5. The van der Waals surface area contributed by atoms with Crippen LogP contribution in [0.15, 0.2) is 48.5 Å². The second kappa shape index (κ2) is 9.22. The van der Waals surface area contributed by atoms with E-state index in [1.54, 1.807) is 24.3 Å². The SMILES string of the molecule is CC(Oc1ccccc1F)C(=O)NNC(=O)/C=C/c1c(Cl)cccc1Cl. The molecule has 2 rings (SSSR count). The number of ether oxygens (including phenoxy) is 1. The monoisotopic (exact) mass is 396 g/mol. The first-order valence-corrected chi connectivity index (χ1v) is 8.27. The molecule has 136 valence electrons. The molecule has 1 atom stereocenters. The lowest BCUT2D eigenvalue weighted by atomic mass is 10.2. The van der Waals surface area contributed by atoms with Crippen molar-refractivity contribution in [1.29, 1.82) is 0 Å². The number of hydrogen-bond donors (Lipinski definition) is 2. The highest BCUT2D eigenvalue weighted by molar-refractivity contribution is 6.37. The number of carbonyl (C=O) groups is 2. The number of para-hydroxylation sites is 1. The third kappa shape index (κ3) is 5.47. The Kier molecular flexibility index (Phi) is 7.00. The van der Waals surface area contributed by atoms with E-state index in [4.69, 9.17) is 27.9 Å². The van der Waals surface area contributed by atoms with Gasteiger partial charge in [-0.1, -0.05) is 41.4 Å². The fourth-order valence-corrected chi connectivity index (χ4v) is 2.40. The molecule has 0 aromatic heterocycles. The molecular formula is C18H15Cl2FN2O3. The van der Waals surface area contributed by atoms with Gasteiger partial charge in [-0.2, -0.15) is 0 Å². The highest BCUT2D eigenvalue weighted by Crippen LogP contribution is 2.25. The van der Waals surface area contributed by atoms with Gasteiger partial charge in [0, 0.05) is 21.7 Å². The van der Waals surface area contributed by atoms with Crippen molar-refractivity contribution in [2.45, 2.75) is 13.0 Å². The van der Waals surface area contributed by atoms with Crippen LogP contribution in [0, 0.1) is 5.82 Å². The quantitative estimate of drug-likeness (QED) is 0.597. The minimum atomic E-state index is -1.02. The van der Waals surface area contributed by atoms with Gasteiger partial charge in [0.1, 0.15) is 0 Å². The first-order valence-electron chi connectivity index (χ1n) is 7.51. The number of halogens is 3. The van der Waals surface area contributed by atoms with Gasteiger partial charge in [0.05, 0.1) is 0 Å². The van der Waals surface area contributed by atoms with Crippen LogP contribution in [-0.4, -0.2) is 17.9 Å². The normalized spacial score (nSPS) is 11.8. The molecule has 0 saturated carbocycles. The largest absolute Gasteiger partial charge is 0.478 e. The fourth-order valence-electron chi connectivity index (χ4n) is 1.88. The van der Waals surface area contributed by atoms with Crippen molar-refractivity contribution < 1.29 is 18.7 Å². The van der Waals surface area contributed by atoms with Crippen LogP contribution in [0.2, 0.25) is 10.0 Å². The van der Waals surface area contributed by atoms with Crippen molar-refractivity contribution in [2.24, 2.45) is 0 Å². The summed E-state index contributed by atoms with van der Waals surface area (Å²) < 4.78 is 18.7. The molecule has 2 amide bonds. The van der Waals surface area contributed by atoms with Gasteiger partial charge in [-0.15, -0.1) is 0 Å². The molecule has 0 aliphatic carbocycles. The first kappa shape index (κ1) is 19.8. The van der Waals surface area contributed by atoms with Crippen LogP contribution >= 0.6 is 23.2 Å². The zero-order chi connectivity index (χ0) is 19.1. The van der Waals surface area contributed by atoms with Crippen LogP contribution in [-0.2, 0) is 9.59 Å². The Bertz CT molecular complexity index is 823. The van der Waals surface area contributed by atoms with Crippen LogP contribution < -0.4 is 15.6 Å². The Morgan fingerprint density at radius 2 is 1.73 bits per heavy atom. The Labute approximate surface area is 159 Å². The van der Waals surface area contributed by atoms with Gasteiger partial charge in [0.25, 0.3) is 11.8 Å². The average Bonchev–Trinajstić information content (AvgIpc) is 2.61. The van der Waals surface area contributed by atoms with Crippen molar-refractivity contribution in [3.05, 3.63) is 70.0 Å². The van der Waals surface area contributed by atoms with Crippen molar-refractivity contribution in [3.63, 3.8) is 0 Å². The molecular weight excluding hydrogens is 382 g/mol.